The Morgan fingerprint density at radius 2 is 1.40 bits per heavy atom. The number of halogens is 11. The highest BCUT2D eigenvalue weighted by Crippen LogP contribution is 2.55. The smallest absolute Gasteiger partial charge is 0.320 e. The van der Waals surface area contributed by atoms with Crippen LogP contribution in [0.15, 0.2) is 60.7 Å². The molecule has 3 rings (SSSR count). The number of hydrogen-bond donors (Lipinski definition) is 1. The molecule has 0 bridgehead atoms. The lowest BCUT2D eigenvalue weighted by molar-refractivity contribution is -0.348. The van der Waals surface area contributed by atoms with Crippen LogP contribution in [-0.4, -0.2) is 31.2 Å². The summed E-state index contributed by atoms with van der Waals surface area (Å²) in [7, 11) is 1.29. The highest BCUT2D eigenvalue weighted by molar-refractivity contribution is 6.34. The molecule has 0 aliphatic heterocycles. The van der Waals surface area contributed by atoms with Gasteiger partial charge >= 0.3 is 24.2 Å². The van der Waals surface area contributed by atoms with Crippen LogP contribution in [-0.2, 0) is 11.8 Å². The molecular weight excluding hydrogens is 612 g/mol. The highest BCUT2D eigenvalue weighted by atomic mass is 35.5. The van der Waals surface area contributed by atoms with Crippen molar-refractivity contribution < 1.29 is 53.5 Å². The maximum atomic E-state index is 14.5. The Balaban J connectivity index is 2.01. The molecule has 1 N–H and O–H groups in total. The predicted octanol–water partition coefficient (Wildman–Crippen LogP) is 8.05. The molecule has 0 aromatic heterocycles. The fourth-order valence-electron chi connectivity index (χ4n) is 3.68. The molecule has 0 aliphatic carbocycles. The summed E-state index contributed by atoms with van der Waals surface area (Å²) in [6, 6.07) is 11.0. The zero-order valence-electron chi connectivity index (χ0n) is 20.6. The van der Waals surface area contributed by atoms with E-state index in [1.807, 2.05) is 6.07 Å². The van der Waals surface area contributed by atoms with E-state index >= 15 is 0 Å². The van der Waals surface area contributed by atoms with E-state index in [1.54, 1.807) is 5.32 Å². The van der Waals surface area contributed by atoms with Crippen molar-refractivity contribution in [3.8, 4) is 6.07 Å². The summed E-state index contributed by atoms with van der Waals surface area (Å²) in [5, 5.41) is 9.10. The topological polar surface area (TPSA) is 73.2 Å². The van der Waals surface area contributed by atoms with Gasteiger partial charge in [-0.3, -0.25) is 9.59 Å². The first-order chi connectivity index (χ1) is 19.2. The summed E-state index contributed by atoms with van der Waals surface area (Å²) in [6.45, 7) is 0. The quantitative estimate of drug-likeness (QED) is 0.292. The monoisotopic (exact) mass is 625 g/mol. The minimum atomic E-state index is -6.72. The summed E-state index contributed by atoms with van der Waals surface area (Å²) < 4.78 is 135. The fourth-order valence-corrected chi connectivity index (χ4v) is 3.95. The molecule has 3 aromatic carbocycles. The average Bonchev–Trinajstić information content (AvgIpc) is 2.90. The van der Waals surface area contributed by atoms with Crippen LogP contribution >= 0.6 is 11.6 Å². The van der Waals surface area contributed by atoms with Gasteiger partial charge in [-0.25, -0.2) is 4.39 Å². The number of carbonyl (C=O) groups is 2. The van der Waals surface area contributed by atoms with Crippen molar-refractivity contribution in [1.82, 2.24) is 0 Å². The molecule has 42 heavy (non-hydrogen) atoms. The number of alkyl halides is 10. The molecule has 0 heterocycles. The number of rotatable bonds is 5. The van der Waals surface area contributed by atoms with Crippen LogP contribution in [0, 0.1) is 11.3 Å². The SMILES string of the molecule is CN(C(=O)c1ccc(C#N)cc1)c1cccc(C(=O)Nc2c(Cl)cc(C(F)(C(F)(F)F)C(F)(F)F)cc2C(F)(F)F)c1. The van der Waals surface area contributed by atoms with Gasteiger partial charge in [0.25, 0.3) is 11.8 Å². The summed E-state index contributed by atoms with van der Waals surface area (Å²) in [5.41, 5.74) is -12.4. The van der Waals surface area contributed by atoms with Crippen molar-refractivity contribution in [2.75, 3.05) is 17.3 Å². The summed E-state index contributed by atoms with van der Waals surface area (Å²) in [5.74, 6) is -1.96. The van der Waals surface area contributed by atoms with Crippen LogP contribution in [0.3, 0.4) is 0 Å². The zero-order valence-corrected chi connectivity index (χ0v) is 21.4. The van der Waals surface area contributed by atoms with E-state index in [-0.39, 0.29) is 22.9 Å². The molecule has 2 amide bonds. The molecule has 0 atom stereocenters. The maximum Gasteiger partial charge on any atom is 0.435 e. The van der Waals surface area contributed by atoms with E-state index in [0.29, 0.717) is 0 Å². The Hall–Kier alpha value is -4.32. The van der Waals surface area contributed by atoms with Gasteiger partial charge in [-0.05, 0) is 54.6 Å². The molecule has 0 saturated carbocycles. The molecular formula is C26H14ClF10N3O2. The predicted molar refractivity (Wildman–Crippen MR) is 130 cm³/mol. The average molecular weight is 626 g/mol. The zero-order chi connectivity index (χ0) is 31.8. The fraction of sp³-hybridized carbons (Fsp3) is 0.192. The Morgan fingerprint density at radius 1 is 0.833 bits per heavy atom. The maximum absolute atomic E-state index is 14.5. The number of nitrogens with zero attached hydrogens (tertiary/aromatic N) is 2. The number of anilines is 2. The first-order valence-electron chi connectivity index (χ1n) is 11.2. The van der Waals surface area contributed by atoms with Gasteiger partial charge in [-0.1, -0.05) is 17.7 Å². The van der Waals surface area contributed by atoms with Gasteiger partial charge in [-0.2, -0.15) is 44.8 Å². The minimum Gasteiger partial charge on any atom is -0.320 e. The van der Waals surface area contributed by atoms with Crippen LogP contribution in [0.1, 0.15) is 37.4 Å². The molecule has 222 valence electrons. The molecule has 16 heteroatoms. The molecule has 0 fully saturated rings. The van der Waals surface area contributed by atoms with Crippen molar-refractivity contribution in [1.29, 1.82) is 5.26 Å². The van der Waals surface area contributed by atoms with Gasteiger partial charge in [0.1, 0.15) is 0 Å². The van der Waals surface area contributed by atoms with Crippen molar-refractivity contribution in [3.05, 3.63) is 93.5 Å². The Labute approximate surface area is 234 Å². The Bertz CT molecular complexity index is 1540. The molecule has 0 saturated heterocycles. The molecule has 0 aliphatic rings. The molecule has 5 nitrogen and oxygen atoms in total. The highest BCUT2D eigenvalue weighted by Gasteiger charge is 2.73. The van der Waals surface area contributed by atoms with E-state index in [9.17, 15) is 53.5 Å². The molecule has 0 spiro atoms. The number of benzene rings is 3. The second-order valence-corrected chi connectivity index (χ2v) is 9.00. The van der Waals surface area contributed by atoms with Crippen molar-refractivity contribution in [3.63, 3.8) is 0 Å². The van der Waals surface area contributed by atoms with Gasteiger partial charge in [0.15, 0.2) is 0 Å². The summed E-state index contributed by atoms with van der Waals surface area (Å²) >= 11 is 5.60. The molecule has 3 aromatic rings. The lowest BCUT2D eigenvalue weighted by atomic mass is 9.91. The molecule has 0 radical (unpaired) electrons. The number of carbonyl (C=O) groups excluding carboxylic acids is 2. The first kappa shape index (κ1) is 32.2. The second-order valence-electron chi connectivity index (χ2n) is 8.59. The third kappa shape index (κ3) is 6.13. The Kier molecular flexibility index (Phi) is 8.56. The van der Waals surface area contributed by atoms with Gasteiger partial charge in [-0.15, -0.1) is 0 Å². The largest absolute Gasteiger partial charge is 0.435 e. The van der Waals surface area contributed by atoms with E-state index < -0.39 is 69.5 Å². The van der Waals surface area contributed by atoms with Crippen LogP contribution in [0.2, 0.25) is 5.02 Å². The van der Waals surface area contributed by atoms with Crippen LogP contribution in [0.4, 0.5) is 55.3 Å². The minimum absolute atomic E-state index is 0.0482. The third-order valence-corrected chi connectivity index (χ3v) is 6.17. The standard InChI is InChI=1S/C26H14ClF10N3O2/c1-40(22(42)14-7-5-13(12-38)6-8-14)17-4-2-3-15(9-17)21(41)39-20-18(24(29,30)31)10-16(11-19(20)27)23(28,25(32,33)34)26(35,36)37/h2-11H,1H3,(H,39,41). The number of nitriles is 1. The number of hydrogen-bond acceptors (Lipinski definition) is 3. The van der Waals surface area contributed by atoms with E-state index in [4.69, 9.17) is 16.9 Å². The molecule has 0 unspecified atom stereocenters. The van der Waals surface area contributed by atoms with Crippen molar-refractivity contribution in [2.24, 2.45) is 0 Å². The van der Waals surface area contributed by atoms with Crippen molar-refractivity contribution >= 4 is 34.8 Å². The first-order valence-corrected chi connectivity index (χ1v) is 11.5. The lowest BCUT2D eigenvalue weighted by Gasteiger charge is -2.31. The number of amides is 2. The van der Waals surface area contributed by atoms with E-state index in [2.05, 4.69) is 0 Å². The van der Waals surface area contributed by atoms with Gasteiger partial charge < -0.3 is 10.2 Å². The van der Waals surface area contributed by atoms with Crippen LogP contribution in [0.5, 0.6) is 0 Å². The van der Waals surface area contributed by atoms with E-state index in [0.717, 1.165) is 17.0 Å². The van der Waals surface area contributed by atoms with Gasteiger partial charge in [0.2, 0.25) is 0 Å². The number of nitrogens with one attached hydrogen (secondary N) is 1. The van der Waals surface area contributed by atoms with Crippen LogP contribution in [0.25, 0.3) is 0 Å². The van der Waals surface area contributed by atoms with E-state index in [1.165, 1.54) is 43.4 Å². The summed E-state index contributed by atoms with van der Waals surface area (Å²) in [6.07, 6.45) is -19.1. The second kappa shape index (κ2) is 11.2. The Morgan fingerprint density at radius 3 is 1.90 bits per heavy atom. The van der Waals surface area contributed by atoms with Gasteiger partial charge in [0.05, 0.1) is 27.9 Å². The third-order valence-electron chi connectivity index (χ3n) is 5.87. The normalized spacial score (nSPS) is 12.5. The van der Waals surface area contributed by atoms with Crippen molar-refractivity contribution in [2.45, 2.75) is 24.2 Å². The lowest BCUT2D eigenvalue weighted by Crippen LogP contribution is -2.50. The van der Waals surface area contributed by atoms with Crippen LogP contribution < -0.4 is 10.2 Å². The summed E-state index contributed by atoms with van der Waals surface area (Å²) in [4.78, 5) is 26.7. The van der Waals surface area contributed by atoms with Gasteiger partial charge in [0, 0.05) is 29.4 Å².